The molecule has 0 saturated carbocycles. The van der Waals surface area contributed by atoms with Crippen molar-refractivity contribution in [2.45, 2.75) is 0 Å². The average Bonchev–Trinajstić information content (AvgIpc) is 3.70. The highest BCUT2D eigenvalue weighted by molar-refractivity contribution is 7.26. The van der Waals surface area contributed by atoms with Crippen LogP contribution in [0.4, 0.5) is 0 Å². The van der Waals surface area contributed by atoms with Gasteiger partial charge >= 0.3 is 0 Å². The SMILES string of the molecule is c1ccc2c(-c3ccc(-c4nc(-c5ccc(-c6cc7ccccc7c7ccccc67)c6ccccc56)nc(-c5cccc6c5sc5ccccc56)n4)cc3)cccc2c1. The predicted octanol–water partition coefficient (Wildman–Crippen LogP) is 15.2. The Morgan fingerprint density at radius 3 is 1.58 bits per heavy atom. The van der Waals surface area contributed by atoms with Gasteiger partial charge in [-0.2, -0.15) is 0 Å². The molecule has 10 aromatic carbocycles. The topological polar surface area (TPSA) is 38.7 Å². The monoisotopic (exact) mass is 767 g/mol. The largest absolute Gasteiger partial charge is 0.208 e. The first-order chi connectivity index (χ1) is 29.2. The van der Waals surface area contributed by atoms with Gasteiger partial charge in [-0.3, -0.25) is 0 Å². The predicted molar refractivity (Wildman–Crippen MR) is 250 cm³/mol. The summed E-state index contributed by atoms with van der Waals surface area (Å²) in [7, 11) is 0. The number of nitrogens with zero attached hydrogens (tertiary/aromatic N) is 3. The van der Waals surface area contributed by atoms with E-state index < -0.39 is 0 Å². The van der Waals surface area contributed by atoms with Gasteiger partial charge in [-0.25, -0.2) is 15.0 Å². The van der Waals surface area contributed by atoms with Gasteiger partial charge in [0.15, 0.2) is 17.5 Å². The molecule has 0 N–H and O–H groups in total. The number of hydrogen-bond donors (Lipinski definition) is 0. The van der Waals surface area contributed by atoms with Gasteiger partial charge in [-0.1, -0.05) is 176 Å². The highest BCUT2D eigenvalue weighted by Crippen LogP contribution is 2.43. The Balaban J connectivity index is 1.07. The molecule has 3 nitrogen and oxygen atoms in total. The van der Waals surface area contributed by atoms with Crippen LogP contribution in [0.15, 0.2) is 200 Å². The summed E-state index contributed by atoms with van der Waals surface area (Å²) in [4.78, 5) is 15.9. The second kappa shape index (κ2) is 13.6. The van der Waals surface area contributed by atoms with E-state index in [0.717, 1.165) is 33.0 Å². The summed E-state index contributed by atoms with van der Waals surface area (Å²) in [5.41, 5.74) is 7.65. The Kier molecular flexibility index (Phi) is 7.72. The fraction of sp³-hybridized carbons (Fsp3) is 0. The van der Waals surface area contributed by atoms with Crippen LogP contribution in [0.1, 0.15) is 0 Å². The maximum atomic E-state index is 5.35. The Morgan fingerprint density at radius 1 is 0.271 bits per heavy atom. The maximum absolute atomic E-state index is 5.35. The summed E-state index contributed by atoms with van der Waals surface area (Å²) in [6.07, 6.45) is 0. The molecular weight excluding hydrogens is 735 g/mol. The highest BCUT2D eigenvalue weighted by atomic mass is 32.1. The second-order valence-corrected chi connectivity index (χ2v) is 16.1. The first-order valence-corrected chi connectivity index (χ1v) is 20.8. The first-order valence-electron chi connectivity index (χ1n) is 19.9. The van der Waals surface area contributed by atoms with E-state index in [4.69, 9.17) is 15.0 Å². The smallest absolute Gasteiger partial charge is 0.165 e. The number of rotatable bonds is 5. The number of aromatic nitrogens is 3. The van der Waals surface area contributed by atoms with Gasteiger partial charge < -0.3 is 0 Å². The zero-order chi connectivity index (χ0) is 38.9. The number of thiophene rings is 1. The molecule has 0 spiro atoms. The van der Waals surface area contributed by atoms with Crippen molar-refractivity contribution >= 4 is 74.6 Å². The second-order valence-electron chi connectivity index (χ2n) is 15.1. The Bertz CT molecular complexity index is 3620. The van der Waals surface area contributed by atoms with Crippen LogP contribution in [0.5, 0.6) is 0 Å². The molecule has 2 heterocycles. The molecule has 0 aliphatic rings. The summed E-state index contributed by atoms with van der Waals surface area (Å²) in [5, 5.41) is 12.1. The van der Waals surface area contributed by atoms with Crippen molar-refractivity contribution in [1.29, 1.82) is 0 Å². The normalized spacial score (nSPS) is 11.7. The summed E-state index contributed by atoms with van der Waals surface area (Å²) in [5.74, 6) is 1.95. The van der Waals surface area contributed by atoms with Crippen molar-refractivity contribution in [3.63, 3.8) is 0 Å². The van der Waals surface area contributed by atoms with Crippen LogP contribution in [-0.4, -0.2) is 15.0 Å². The molecule has 0 aliphatic heterocycles. The van der Waals surface area contributed by atoms with Crippen LogP contribution in [-0.2, 0) is 0 Å². The van der Waals surface area contributed by atoms with Gasteiger partial charge in [0.05, 0.1) is 0 Å². The molecule has 0 radical (unpaired) electrons. The summed E-state index contributed by atoms with van der Waals surface area (Å²) < 4.78 is 2.42. The third-order valence-electron chi connectivity index (χ3n) is 11.7. The molecule has 2 aromatic heterocycles. The van der Waals surface area contributed by atoms with Gasteiger partial charge in [0.1, 0.15) is 0 Å². The van der Waals surface area contributed by atoms with E-state index in [1.165, 1.54) is 69.2 Å². The highest BCUT2D eigenvalue weighted by Gasteiger charge is 2.20. The molecule has 12 rings (SSSR count). The van der Waals surface area contributed by atoms with E-state index in [1.54, 1.807) is 11.3 Å². The Labute approximate surface area is 344 Å². The quantitative estimate of drug-likeness (QED) is 0.164. The van der Waals surface area contributed by atoms with E-state index >= 15 is 0 Å². The molecule has 0 atom stereocenters. The van der Waals surface area contributed by atoms with E-state index in [2.05, 4.69) is 200 Å². The minimum Gasteiger partial charge on any atom is -0.208 e. The van der Waals surface area contributed by atoms with Crippen molar-refractivity contribution in [2.75, 3.05) is 0 Å². The summed E-state index contributed by atoms with van der Waals surface area (Å²) >= 11 is 1.79. The van der Waals surface area contributed by atoms with Gasteiger partial charge in [0, 0.05) is 36.9 Å². The molecule has 0 fully saturated rings. The van der Waals surface area contributed by atoms with E-state index in [9.17, 15) is 0 Å². The van der Waals surface area contributed by atoms with Gasteiger partial charge in [-0.15, -0.1) is 11.3 Å². The van der Waals surface area contributed by atoms with Gasteiger partial charge in [0.25, 0.3) is 0 Å². The molecule has 0 aliphatic carbocycles. The molecular formula is C55H33N3S. The van der Waals surface area contributed by atoms with E-state index in [1.807, 2.05) is 0 Å². The first kappa shape index (κ1) is 33.6. The number of fused-ring (bicyclic) bond motifs is 8. The number of benzene rings is 10. The molecule has 4 heteroatoms. The fourth-order valence-corrected chi connectivity index (χ4v) is 10.2. The lowest BCUT2D eigenvalue weighted by molar-refractivity contribution is 1.08. The van der Waals surface area contributed by atoms with Crippen molar-refractivity contribution in [3.8, 4) is 56.4 Å². The molecule has 12 aromatic rings. The van der Waals surface area contributed by atoms with Crippen molar-refractivity contribution < 1.29 is 0 Å². The van der Waals surface area contributed by atoms with Gasteiger partial charge in [-0.05, 0) is 89.6 Å². The van der Waals surface area contributed by atoms with Crippen LogP contribution < -0.4 is 0 Å². The molecule has 0 amide bonds. The van der Waals surface area contributed by atoms with Crippen molar-refractivity contribution in [3.05, 3.63) is 200 Å². The van der Waals surface area contributed by atoms with Gasteiger partial charge in [0.2, 0.25) is 0 Å². The minimum absolute atomic E-state index is 0.640. The standard InChI is InChI=1S/C55H33N3S/c1-3-16-38-34(13-1)15-11-23-39(38)35-27-29-36(30-28-35)53-56-54(58-55(57-53)49-25-12-24-47-46-22-9-10-26-51(46)59-52(47)49)48-32-31-45(42-19-6-7-20-43(42)48)50-33-37-14-2-4-17-40(37)41-18-5-8-21-44(41)50/h1-33H. The maximum Gasteiger partial charge on any atom is 0.165 e. The zero-order valence-electron chi connectivity index (χ0n) is 31.8. The molecule has 274 valence electrons. The van der Waals surface area contributed by atoms with Crippen LogP contribution in [0.3, 0.4) is 0 Å². The summed E-state index contributed by atoms with van der Waals surface area (Å²) in [6.45, 7) is 0. The summed E-state index contributed by atoms with van der Waals surface area (Å²) in [6, 6.07) is 71.6. The lowest BCUT2D eigenvalue weighted by Gasteiger charge is -2.16. The molecule has 59 heavy (non-hydrogen) atoms. The fourth-order valence-electron chi connectivity index (χ4n) is 8.95. The third-order valence-corrected chi connectivity index (χ3v) is 13.0. The molecule has 0 bridgehead atoms. The van der Waals surface area contributed by atoms with Crippen molar-refractivity contribution in [1.82, 2.24) is 15.0 Å². The molecule has 0 unspecified atom stereocenters. The number of hydrogen-bond acceptors (Lipinski definition) is 4. The Morgan fingerprint density at radius 2 is 0.780 bits per heavy atom. The lowest BCUT2D eigenvalue weighted by atomic mass is 9.89. The van der Waals surface area contributed by atoms with Crippen LogP contribution in [0, 0.1) is 0 Å². The lowest BCUT2D eigenvalue weighted by Crippen LogP contribution is -2.01. The van der Waals surface area contributed by atoms with E-state index in [-0.39, 0.29) is 0 Å². The Hall–Kier alpha value is -7.53. The zero-order valence-corrected chi connectivity index (χ0v) is 32.6. The van der Waals surface area contributed by atoms with Crippen LogP contribution >= 0.6 is 11.3 Å². The average molecular weight is 768 g/mol. The molecule has 0 saturated heterocycles. The van der Waals surface area contributed by atoms with E-state index in [0.29, 0.717) is 17.5 Å². The van der Waals surface area contributed by atoms with Crippen LogP contribution in [0.25, 0.3) is 120 Å². The minimum atomic E-state index is 0.640. The van der Waals surface area contributed by atoms with Crippen molar-refractivity contribution in [2.24, 2.45) is 0 Å². The van der Waals surface area contributed by atoms with Crippen LogP contribution in [0.2, 0.25) is 0 Å². The third kappa shape index (κ3) is 5.53.